The third-order valence-corrected chi connectivity index (χ3v) is 4.43. The Morgan fingerprint density at radius 2 is 1.48 bits per heavy atom. The van der Waals surface area contributed by atoms with Gasteiger partial charge in [-0.05, 0) is 32.3 Å². The zero-order valence-electron chi connectivity index (χ0n) is 17.5. The Balaban J connectivity index is 2.70. The van der Waals surface area contributed by atoms with Crippen LogP contribution in [0.3, 0.4) is 0 Å². The van der Waals surface area contributed by atoms with E-state index in [1.54, 1.807) is 0 Å². The van der Waals surface area contributed by atoms with Crippen molar-refractivity contribution in [2.24, 2.45) is 11.5 Å². The molecule has 1 rings (SSSR count). The first-order valence-electron chi connectivity index (χ1n) is 9.73. The largest absolute Gasteiger partial charge is 0.480 e. The fraction of sp³-hybridized carbons (Fsp3) is 0.450. The van der Waals surface area contributed by atoms with Gasteiger partial charge in [-0.2, -0.15) is 0 Å². The molecular formula is C20H29N5O6. The Bertz CT molecular complexity index is 801. The van der Waals surface area contributed by atoms with E-state index in [0.717, 1.165) is 5.56 Å². The summed E-state index contributed by atoms with van der Waals surface area (Å²) in [5.74, 6) is -3.99. The minimum absolute atomic E-state index is 0.132. The molecule has 1 aromatic carbocycles. The Hall–Kier alpha value is -3.47. The lowest BCUT2D eigenvalue weighted by Crippen LogP contribution is -2.56. The van der Waals surface area contributed by atoms with Gasteiger partial charge in [-0.15, -0.1) is 0 Å². The maximum atomic E-state index is 12.5. The van der Waals surface area contributed by atoms with Crippen molar-refractivity contribution in [3.05, 3.63) is 35.9 Å². The molecule has 0 radical (unpaired) electrons. The van der Waals surface area contributed by atoms with Crippen LogP contribution in [0.4, 0.5) is 0 Å². The second-order valence-corrected chi connectivity index (χ2v) is 7.16. The number of hydrogen-bond donors (Lipinski definition) is 6. The topological polar surface area (TPSA) is 194 Å². The van der Waals surface area contributed by atoms with Crippen molar-refractivity contribution in [3.8, 4) is 0 Å². The van der Waals surface area contributed by atoms with E-state index < -0.39 is 53.8 Å². The number of carboxylic acid groups (broad SMARTS) is 1. The quantitative estimate of drug-likeness (QED) is 0.227. The highest BCUT2D eigenvalue weighted by Crippen LogP contribution is 2.03. The zero-order chi connectivity index (χ0) is 23.6. The van der Waals surface area contributed by atoms with Crippen molar-refractivity contribution in [2.75, 3.05) is 0 Å². The van der Waals surface area contributed by atoms with Crippen LogP contribution in [0.2, 0.25) is 0 Å². The molecular weight excluding hydrogens is 406 g/mol. The molecule has 0 saturated carbocycles. The van der Waals surface area contributed by atoms with Gasteiger partial charge in [-0.1, -0.05) is 30.3 Å². The first-order chi connectivity index (χ1) is 14.5. The number of amides is 4. The van der Waals surface area contributed by atoms with E-state index in [2.05, 4.69) is 16.0 Å². The average Bonchev–Trinajstić information content (AvgIpc) is 2.70. The van der Waals surface area contributed by atoms with Gasteiger partial charge in [0.1, 0.15) is 18.1 Å². The lowest BCUT2D eigenvalue weighted by molar-refractivity contribution is -0.142. The monoisotopic (exact) mass is 435 g/mol. The third kappa shape index (κ3) is 9.26. The number of hydrogen-bond acceptors (Lipinski definition) is 6. The molecule has 0 saturated heterocycles. The van der Waals surface area contributed by atoms with Gasteiger partial charge in [-0.3, -0.25) is 24.0 Å². The summed E-state index contributed by atoms with van der Waals surface area (Å²) in [6.45, 7) is 2.66. The Morgan fingerprint density at radius 3 is 2.03 bits per heavy atom. The number of benzene rings is 1. The lowest BCUT2D eigenvalue weighted by atomic mass is 10.1. The molecule has 11 heteroatoms. The van der Waals surface area contributed by atoms with Gasteiger partial charge in [0, 0.05) is 6.42 Å². The van der Waals surface area contributed by atoms with Crippen molar-refractivity contribution in [1.82, 2.24) is 16.0 Å². The first kappa shape index (κ1) is 25.6. The third-order valence-electron chi connectivity index (χ3n) is 4.43. The molecule has 0 aromatic heterocycles. The van der Waals surface area contributed by atoms with E-state index in [4.69, 9.17) is 16.6 Å². The maximum Gasteiger partial charge on any atom is 0.325 e. The summed E-state index contributed by atoms with van der Waals surface area (Å²) >= 11 is 0. The molecule has 4 amide bonds. The summed E-state index contributed by atoms with van der Waals surface area (Å²) in [6.07, 6.45) is -0.0618. The van der Waals surface area contributed by atoms with Crippen LogP contribution in [0.5, 0.6) is 0 Å². The van der Waals surface area contributed by atoms with Crippen molar-refractivity contribution >= 4 is 29.6 Å². The van der Waals surface area contributed by atoms with E-state index in [0.29, 0.717) is 0 Å². The fourth-order valence-corrected chi connectivity index (χ4v) is 2.57. The zero-order valence-corrected chi connectivity index (χ0v) is 17.5. The molecule has 1 aromatic rings. The molecule has 0 heterocycles. The van der Waals surface area contributed by atoms with Crippen LogP contribution in [-0.4, -0.2) is 58.9 Å². The van der Waals surface area contributed by atoms with Gasteiger partial charge in [0.2, 0.25) is 23.6 Å². The smallest absolute Gasteiger partial charge is 0.325 e. The number of nitrogens with two attached hydrogens (primary N) is 2. The molecule has 0 aliphatic heterocycles. The van der Waals surface area contributed by atoms with Crippen molar-refractivity contribution in [2.45, 2.75) is 57.3 Å². The summed E-state index contributed by atoms with van der Waals surface area (Å²) in [6, 6.07) is 4.79. The number of carbonyl (C=O) groups is 5. The molecule has 8 N–H and O–H groups in total. The van der Waals surface area contributed by atoms with E-state index in [-0.39, 0.29) is 19.3 Å². The molecule has 11 nitrogen and oxygen atoms in total. The van der Waals surface area contributed by atoms with Crippen LogP contribution in [0.15, 0.2) is 30.3 Å². The van der Waals surface area contributed by atoms with Gasteiger partial charge in [0.15, 0.2) is 0 Å². The molecule has 170 valence electrons. The molecule has 4 atom stereocenters. The molecule has 0 spiro atoms. The second-order valence-electron chi connectivity index (χ2n) is 7.16. The predicted octanol–water partition coefficient (Wildman–Crippen LogP) is -1.60. The van der Waals surface area contributed by atoms with Crippen LogP contribution < -0.4 is 27.4 Å². The number of rotatable bonds is 12. The summed E-state index contributed by atoms with van der Waals surface area (Å²) in [5, 5.41) is 16.0. The summed E-state index contributed by atoms with van der Waals surface area (Å²) in [7, 11) is 0. The predicted molar refractivity (Wildman–Crippen MR) is 111 cm³/mol. The Morgan fingerprint density at radius 1 is 0.903 bits per heavy atom. The summed E-state index contributed by atoms with van der Waals surface area (Å²) in [4.78, 5) is 59.1. The van der Waals surface area contributed by atoms with Gasteiger partial charge >= 0.3 is 5.97 Å². The standard InChI is InChI=1S/C20H29N5O6/c1-11(23-18(28)14(21)10-13-6-4-3-5-7-13)17(27)25-15(8-9-16(22)26)19(29)24-12(2)20(30)31/h3-7,11-12,14-15H,8-10,21H2,1-2H3,(H2,22,26)(H,23,28)(H,24,29)(H,25,27)(H,30,31). The van der Waals surface area contributed by atoms with E-state index in [1.807, 2.05) is 30.3 Å². The van der Waals surface area contributed by atoms with E-state index in [9.17, 15) is 24.0 Å². The van der Waals surface area contributed by atoms with E-state index in [1.165, 1.54) is 13.8 Å². The van der Waals surface area contributed by atoms with Crippen LogP contribution in [-0.2, 0) is 30.4 Å². The van der Waals surface area contributed by atoms with Crippen LogP contribution in [0.25, 0.3) is 0 Å². The van der Waals surface area contributed by atoms with Crippen molar-refractivity contribution in [3.63, 3.8) is 0 Å². The van der Waals surface area contributed by atoms with Crippen molar-refractivity contribution in [1.29, 1.82) is 0 Å². The summed E-state index contributed by atoms with van der Waals surface area (Å²) in [5.41, 5.74) is 11.9. The summed E-state index contributed by atoms with van der Waals surface area (Å²) < 4.78 is 0. The number of carboxylic acids is 1. The van der Waals surface area contributed by atoms with Crippen LogP contribution in [0.1, 0.15) is 32.3 Å². The van der Waals surface area contributed by atoms with Crippen LogP contribution in [0, 0.1) is 0 Å². The van der Waals surface area contributed by atoms with Gasteiger partial charge < -0.3 is 32.5 Å². The van der Waals surface area contributed by atoms with Gasteiger partial charge in [-0.25, -0.2) is 0 Å². The highest BCUT2D eigenvalue weighted by molar-refractivity contribution is 5.94. The molecule has 0 bridgehead atoms. The SMILES string of the molecule is CC(NC(=O)C(CCC(N)=O)NC(=O)C(C)NC(=O)C(N)Cc1ccccc1)C(=O)O. The lowest BCUT2D eigenvalue weighted by Gasteiger charge is -2.22. The maximum absolute atomic E-state index is 12.5. The first-order valence-corrected chi connectivity index (χ1v) is 9.73. The number of aliphatic carboxylic acids is 1. The average molecular weight is 435 g/mol. The minimum Gasteiger partial charge on any atom is -0.480 e. The van der Waals surface area contributed by atoms with Gasteiger partial charge in [0.25, 0.3) is 0 Å². The molecule has 0 fully saturated rings. The molecule has 4 unspecified atom stereocenters. The Kier molecular flexibility index (Phi) is 10.1. The highest BCUT2D eigenvalue weighted by Gasteiger charge is 2.27. The molecule has 0 aliphatic rings. The van der Waals surface area contributed by atoms with E-state index >= 15 is 0 Å². The fourth-order valence-electron chi connectivity index (χ4n) is 2.57. The highest BCUT2D eigenvalue weighted by atomic mass is 16.4. The normalized spacial score (nSPS) is 14.4. The number of carbonyl (C=O) groups excluding carboxylic acids is 4. The Labute approximate surface area is 179 Å². The minimum atomic E-state index is -1.26. The number of nitrogens with one attached hydrogen (secondary N) is 3. The van der Waals surface area contributed by atoms with Crippen LogP contribution >= 0.6 is 0 Å². The van der Waals surface area contributed by atoms with Gasteiger partial charge in [0.05, 0.1) is 6.04 Å². The second kappa shape index (κ2) is 12.3. The number of primary amides is 1. The molecule has 31 heavy (non-hydrogen) atoms. The van der Waals surface area contributed by atoms with Crippen molar-refractivity contribution < 1.29 is 29.1 Å². The molecule has 0 aliphatic carbocycles.